The van der Waals surface area contributed by atoms with Gasteiger partial charge in [0.1, 0.15) is 6.07 Å². The minimum absolute atomic E-state index is 0.226. The molecule has 1 atom stereocenters. The molecule has 0 spiro atoms. The van der Waals surface area contributed by atoms with E-state index in [4.69, 9.17) is 21.6 Å². The Hall–Kier alpha value is -3.43. The Labute approximate surface area is 166 Å². The minimum atomic E-state index is -1.03. The van der Waals surface area contributed by atoms with Crippen molar-refractivity contribution in [3.05, 3.63) is 70.4 Å². The maximum absolute atomic E-state index is 12.6. The molecule has 0 aliphatic rings. The van der Waals surface area contributed by atoms with E-state index in [1.165, 1.54) is 19.1 Å². The third-order valence-electron chi connectivity index (χ3n) is 4.07. The van der Waals surface area contributed by atoms with Gasteiger partial charge in [0.2, 0.25) is 0 Å². The highest BCUT2D eigenvalue weighted by molar-refractivity contribution is 6.32. The molecule has 140 valence electrons. The van der Waals surface area contributed by atoms with Crippen LogP contribution in [0.2, 0.25) is 5.02 Å². The number of nitrogens with one attached hydrogen (secondary N) is 1. The maximum atomic E-state index is 12.6. The van der Waals surface area contributed by atoms with Crippen LogP contribution in [0.3, 0.4) is 0 Å². The molecule has 0 saturated heterocycles. The zero-order valence-electron chi connectivity index (χ0n) is 15.2. The summed E-state index contributed by atoms with van der Waals surface area (Å²) in [7, 11) is 0. The number of carbonyl (C=O) groups excluding carboxylic acids is 2. The van der Waals surface area contributed by atoms with E-state index in [1.807, 2.05) is 18.2 Å². The van der Waals surface area contributed by atoms with Gasteiger partial charge >= 0.3 is 5.97 Å². The second kappa shape index (κ2) is 8.07. The minimum Gasteiger partial charge on any atom is -0.449 e. The summed E-state index contributed by atoms with van der Waals surface area (Å²) in [5.74, 6) is -1.12. The van der Waals surface area contributed by atoms with Crippen LogP contribution in [0.15, 0.2) is 48.5 Å². The topological polar surface area (TPSA) is 92.1 Å². The van der Waals surface area contributed by atoms with Gasteiger partial charge in [0, 0.05) is 16.8 Å². The number of aryl methyl sites for hydroxylation is 1. The van der Waals surface area contributed by atoms with Crippen LogP contribution in [-0.2, 0) is 9.53 Å². The number of nitrogens with zero attached hydrogens (tertiary/aromatic N) is 2. The van der Waals surface area contributed by atoms with Crippen molar-refractivity contribution in [3.8, 4) is 6.07 Å². The van der Waals surface area contributed by atoms with Crippen LogP contribution in [0.25, 0.3) is 10.9 Å². The van der Waals surface area contributed by atoms with E-state index in [0.717, 1.165) is 0 Å². The van der Waals surface area contributed by atoms with Gasteiger partial charge in [-0.15, -0.1) is 0 Å². The Bertz CT molecular complexity index is 1120. The molecule has 2 aromatic carbocycles. The number of halogens is 1. The first-order valence-corrected chi connectivity index (χ1v) is 8.84. The second-order valence-electron chi connectivity index (χ2n) is 6.17. The number of ether oxygens (including phenoxy) is 1. The molecule has 28 heavy (non-hydrogen) atoms. The van der Waals surface area contributed by atoms with Gasteiger partial charge in [-0.3, -0.25) is 9.78 Å². The average molecular weight is 394 g/mol. The number of fused-ring (bicyclic) bond motifs is 1. The molecule has 1 amide bonds. The average Bonchev–Trinajstić information content (AvgIpc) is 2.67. The number of amides is 1. The van der Waals surface area contributed by atoms with Gasteiger partial charge in [0.05, 0.1) is 21.7 Å². The predicted molar refractivity (Wildman–Crippen MR) is 106 cm³/mol. The van der Waals surface area contributed by atoms with Gasteiger partial charge in [-0.05, 0) is 44.2 Å². The standard InChI is InChI=1S/C21H16ClN3O3/c1-12-9-17(16-5-3-4-6-19(16)24-12)21(27)28-13(2)20(26)25-15-8-7-14(11-23)18(22)10-15/h3-10,13H,1-2H3,(H,25,26)/t13-/m0/s1. The molecular weight excluding hydrogens is 378 g/mol. The number of aromatic nitrogens is 1. The van der Waals surface area contributed by atoms with Crippen LogP contribution in [0.5, 0.6) is 0 Å². The largest absolute Gasteiger partial charge is 0.449 e. The monoisotopic (exact) mass is 393 g/mol. The lowest BCUT2D eigenvalue weighted by Gasteiger charge is -2.15. The van der Waals surface area contributed by atoms with Crippen LogP contribution >= 0.6 is 11.6 Å². The zero-order chi connectivity index (χ0) is 20.3. The van der Waals surface area contributed by atoms with Crippen LogP contribution in [0.4, 0.5) is 5.69 Å². The van der Waals surface area contributed by atoms with Crippen molar-refractivity contribution in [3.63, 3.8) is 0 Å². The summed E-state index contributed by atoms with van der Waals surface area (Å²) >= 11 is 5.96. The molecule has 7 heteroatoms. The molecule has 3 rings (SSSR count). The highest BCUT2D eigenvalue weighted by Gasteiger charge is 2.21. The number of pyridine rings is 1. The Balaban J connectivity index is 1.75. The highest BCUT2D eigenvalue weighted by atomic mass is 35.5. The molecule has 1 N–H and O–H groups in total. The second-order valence-corrected chi connectivity index (χ2v) is 6.58. The van der Waals surface area contributed by atoms with Crippen molar-refractivity contribution in [2.75, 3.05) is 5.32 Å². The lowest BCUT2D eigenvalue weighted by molar-refractivity contribution is -0.123. The highest BCUT2D eigenvalue weighted by Crippen LogP contribution is 2.22. The number of anilines is 1. The number of nitriles is 1. The first-order valence-electron chi connectivity index (χ1n) is 8.47. The van der Waals surface area contributed by atoms with Crippen molar-refractivity contribution in [1.82, 2.24) is 4.98 Å². The third-order valence-corrected chi connectivity index (χ3v) is 4.39. The number of esters is 1. The fraction of sp³-hybridized carbons (Fsp3) is 0.143. The quantitative estimate of drug-likeness (QED) is 0.669. The van der Waals surface area contributed by atoms with Crippen LogP contribution in [-0.4, -0.2) is 23.0 Å². The molecule has 6 nitrogen and oxygen atoms in total. The van der Waals surface area contributed by atoms with Gasteiger partial charge < -0.3 is 10.1 Å². The number of benzene rings is 2. The fourth-order valence-corrected chi connectivity index (χ4v) is 2.90. The smallest absolute Gasteiger partial charge is 0.339 e. The normalized spacial score (nSPS) is 11.5. The molecular formula is C21H16ClN3O3. The summed E-state index contributed by atoms with van der Waals surface area (Å²) in [6.07, 6.45) is -1.03. The lowest BCUT2D eigenvalue weighted by Crippen LogP contribution is -2.30. The summed E-state index contributed by atoms with van der Waals surface area (Å²) in [4.78, 5) is 29.4. The molecule has 1 aromatic heterocycles. The molecule has 0 bridgehead atoms. The van der Waals surface area contributed by atoms with E-state index >= 15 is 0 Å². The Morgan fingerprint density at radius 3 is 2.68 bits per heavy atom. The summed E-state index contributed by atoms with van der Waals surface area (Å²) in [5.41, 5.74) is 2.42. The van der Waals surface area contributed by atoms with Crippen molar-refractivity contribution in [2.24, 2.45) is 0 Å². The van der Waals surface area contributed by atoms with Crippen LogP contribution < -0.4 is 5.32 Å². The molecule has 0 saturated carbocycles. The van der Waals surface area contributed by atoms with E-state index in [-0.39, 0.29) is 5.02 Å². The Kier molecular flexibility index (Phi) is 5.57. The number of para-hydroxylation sites is 1. The van der Waals surface area contributed by atoms with Gasteiger partial charge in [0.15, 0.2) is 6.10 Å². The number of rotatable bonds is 4. The first kappa shape index (κ1) is 19.3. The summed E-state index contributed by atoms with van der Waals surface area (Å²) in [6.45, 7) is 3.27. The lowest BCUT2D eigenvalue weighted by atomic mass is 10.1. The fourth-order valence-electron chi connectivity index (χ4n) is 2.68. The first-order chi connectivity index (χ1) is 13.4. The summed E-state index contributed by atoms with van der Waals surface area (Å²) < 4.78 is 5.34. The van der Waals surface area contributed by atoms with E-state index in [9.17, 15) is 9.59 Å². The predicted octanol–water partition coefficient (Wildman–Crippen LogP) is 4.25. The van der Waals surface area contributed by atoms with E-state index in [2.05, 4.69) is 10.3 Å². The van der Waals surface area contributed by atoms with E-state index in [1.54, 1.807) is 31.2 Å². The van der Waals surface area contributed by atoms with Crippen molar-refractivity contribution in [2.45, 2.75) is 20.0 Å². The van der Waals surface area contributed by atoms with Crippen molar-refractivity contribution in [1.29, 1.82) is 5.26 Å². The maximum Gasteiger partial charge on any atom is 0.339 e. The van der Waals surface area contributed by atoms with Gasteiger partial charge in [-0.2, -0.15) is 5.26 Å². The molecule has 0 fully saturated rings. The summed E-state index contributed by atoms with van der Waals surface area (Å²) in [5, 5.41) is 12.4. The van der Waals surface area contributed by atoms with Crippen LogP contribution in [0.1, 0.15) is 28.5 Å². The van der Waals surface area contributed by atoms with Crippen molar-refractivity contribution < 1.29 is 14.3 Å². The zero-order valence-corrected chi connectivity index (χ0v) is 15.9. The molecule has 0 radical (unpaired) electrons. The van der Waals surface area contributed by atoms with Gasteiger partial charge in [-0.1, -0.05) is 29.8 Å². The van der Waals surface area contributed by atoms with Gasteiger partial charge in [-0.25, -0.2) is 4.79 Å². The van der Waals surface area contributed by atoms with E-state index in [0.29, 0.717) is 33.4 Å². The molecule has 1 heterocycles. The third kappa shape index (κ3) is 4.11. The Morgan fingerprint density at radius 2 is 1.96 bits per heavy atom. The number of hydrogen-bond donors (Lipinski definition) is 1. The molecule has 0 aliphatic carbocycles. The van der Waals surface area contributed by atoms with Crippen LogP contribution in [0, 0.1) is 18.3 Å². The van der Waals surface area contributed by atoms with Crippen molar-refractivity contribution >= 4 is 40.1 Å². The molecule has 0 unspecified atom stereocenters. The van der Waals surface area contributed by atoms with E-state index < -0.39 is 18.0 Å². The number of hydrogen-bond acceptors (Lipinski definition) is 5. The summed E-state index contributed by atoms with van der Waals surface area (Å²) in [6, 6.07) is 15.3. The molecule has 3 aromatic rings. The van der Waals surface area contributed by atoms with Gasteiger partial charge in [0.25, 0.3) is 5.91 Å². The SMILES string of the molecule is Cc1cc(C(=O)O[C@@H](C)C(=O)Nc2ccc(C#N)c(Cl)c2)c2ccccc2n1. The Morgan fingerprint density at radius 1 is 1.21 bits per heavy atom. The number of carbonyl (C=O) groups is 2. The molecule has 0 aliphatic heterocycles.